The van der Waals surface area contributed by atoms with E-state index in [2.05, 4.69) is 11.5 Å². The number of hydrogen-bond donors (Lipinski definition) is 0. The third kappa shape index (κ3) is 2.47. The Labute approximate surface area is 37.2 Å². The Hall–Kier alpha value is 0.470. The Morgan fingerprint density at radius 1 is 2.00 bits per heavy atom. The third-order valence-electron chi connectivity index (χ3n) is 0.154. The van der Waals surface area contributed by atoms with Gasteiger partial charge >= 0.3 is 0 Å². The highest BCUT2D eigenvalue weighted by Gasteiger charge is 1.44. The second-order valence-corrected chi connectivity index (χ2v) is 2.50. The summed E-state index contributed by atoms with van der Waals surface area (Å²) in [5.74, 6) is 0. The number of halogens is 1. The Bertz CT molecular complexity index is 17.2. The predicted octanol–water partition coefficient (Wildman–Crippen LogP) is 1.73. The lowest BCUT2D eigenvalue weighted by atomic mass is 11.3. The molecule has 0 fully saturated rings. The van der Waals surface area contributed by atoms with Crippen LogP contribution in [0.2, 0.25) is 0 Å². The summed E-state index contributed by atoms with van der Waals surface area (Å²) in [5, 5.41) is 0. The maximum absolute atomic E-state index is 3.53. The van der Waals surface area contributed by atoms with E-state index in [-0.39, 0.29) is 0 Å². The molecule has 0 bridgehead atoms. The highest BCUT2D eigenvalue weighted by atomic mass is 127. The van der Waals surface area contributed by atoms with Gasteiger partial charge in [-0.05, 0) is 9.01 Å². The van der Waals surface area contributed by atoms with E-state index < -0.39 is 0 Å². The summed E-state index contributed by atoms with van der Waals surface area (Å²) >= 11 is 0.374. The zero-order chi connectivity index (χ0) is 3.41. The molecule has 0 aliphatic heterocycles. The minimum Gasteiger partial charge on any atom is -0.127 e. The minimum absolute atomic E-state index is 0.374. The predicted molar refractivity (Wildman–Crippen MR) is 30.1 cm³/mol. The van der Waals surface area contributed by atoms with Gasteiger partial charge in [-0.25, -0.2) is 0 Å². The molecule has 0 atom stereocenters. The van der Waals surface area contributed by atoms with E-state index in [4.69, 9.17) is 0 Å². The smallest absolute Gasteiger partial charge is 0.0169 e. The van der Waals surface area contributed by atoms with Gasteiger partial charge in [0, 0.05) is 0 Å². The maximum Gasteiger partial charge on any atom is -0.0169 e. The zero-order valence-electron chi connectivity index (χ0n) is 2.66. The van der Waals surface area contributed by atoms with Crippen molar-refractivity contribution >= 4 is 21.2 Å². The van der Waals surface area contributed by atoms with Crippen LogP contribution in [0, 0.1) is 0 Å². The summed E-state index contributed by atoms with van der Waals surface area (Å²) in [7, 11) is 0. The van der Waals surface area contributed by atoms with Crippen molar-refractivity contribution in [2.45, 2.75) is 0 Å². The van der Waals surface area contributed by atoms with Crippen LogP contribution in [-0.4, -0.2) is 4.93 Å². The summed E-state index contributed by atoms with van der Waals surface area (Å²) in [6, 6.07) is 0. The summed E-state index contributed by atoms with van der Waals surface area (Å²) in [6.45, 7) is 3.53. The van der Waals surface area contributed by atoms with E-state index in [1.807, 2.05) is 4.08 Å². The molecule has 0 amide bonds. The molecule has 0 N–H and O–H groups in total. The number of hydrogen-bond acceptors (Lipinski definition) is 0. The van der Waals surface area contributed by atoms with Crippen molar-refractivity contribution in [2.75, 3.05) is 4.93 Å². The molecule has 0 saturated carbocycles. The summed E-state index contributed by atoms with van der Waals surface area (Å²) in [4.78, 5) is 2.17. The van der Waals surface area contributed by atoms with Crippen molar-refractivity contribution < 1.29 is 0 Å². The maximum atomic E-state index is 3.53. The van der Waals surface area contributed by atoms with E-state index in [9.17, 15) is 0 Å². The molecular weight excluding hydrogens is 163 g/mol. The molecule has 0 saturated heterocycles. The highest BCUT2D eigenvalue weighted by molar-refractivity contribution is 14.2. The quantitative estimate of drug-likeness (QED) is 0.414. The molecule has 0 aliphatic rings. The fourth-order valence-electron chi connectivity index (χ4n) is 0. The van der Waals surface area contributed by atoms with Crippen molar-refractivity contribution in [3.63, 3.8) is 0 Å². The van der Waals surface area contributed by atoms with Crippen LogP contribution in [0.1, 0.15) is 0 Å². The first-order valence-corrected chi connectivity index (χ1v) is 4.41. The standard InChI is InChI=1S/C3H6I/c1-3-4-2/h3H,1H2,2H3. The van der Waals surface area contributed by atoms with E-state index >= 15 is 0 Å². The van der Waals surface area contributed by atoms with Gasteiger partial charge < -0.3 is 0 Å². The first-order chi connectivity index (χ1) is 1.91. The second kappa shape index (κ2) is 3.47. The van der Waals surface area contributed by atoms with E-state index in [0.29, 0.717) is 21.2 Å². The average Bonchev–Trinajstić information content (AvgIpc) is 1.37. The zero-order valence-corrected chi connectivity index (χ0v) is 4.82. The fourth-order valence-corrected chi connectivity index (χ4v) is 0. The molecule has 0 nitrogen and oxygen atoms in total. The van der Waals surface area contributed by atoms with Crippen molar-refractivity contribution in [3.05, 3.63) is 10.7 Å². The van der Waals surface area contributed by atoms with Crippen LogP contribution in [0.4, 0.5) is 0 Å². The van der Waals surface area contributed by atoms with E-state index in [0.717, 1.165) is 0 Å². The molecule has 1 heteroatoms. The lowest BCUT2D eigenvalue weighted by molar-refractivity contribution is 2.63. The Kier molecular flexibility index (Phi) is 3.88. The van der Waals surface area contributed by atoms with E-state index in [1.165, 1.54) is 0 Å². The SMILES string of the molecule is C=C[I]C. The van der Waals surface area contributed by atoms with Gasteiger partial charge in [-0.3, -0.25) is 0 Å². The van der Waals surface area contributed by atoms with Crippen molar-refractivity contribution in [1.82, 2.24) is 0 Å². The molecule has 1 radical (unpaired) electrons. The van der Waals surface area contributed by atoms with Gasteiger partial charge in [0.1, 0.15) is 0 Å². The van der Waals surface area contributed by atoms with E-state index in [1.54, 1.807) is 0 Å². The van der Waals surface area contributed by atoms with Crippen LogP contribution in [0.5, 0.6) is 0 Å². The van der Waals surface area contributed by atoms with Crippen LogP contribution in [0.25, 0.3) is 0 Å². The molecule has 0 aromatic heterocycles. The molecule has 4 heavy (non-hydrogen) atoms. The Morgan fingerprint density at radius 3 is 2.25 bits per heavy atom. The monoisotopic (exact) mass is 169 g/mol. The van der Waals surface area contributed by atoms with Gasteiger partial charge in [-0.2, -0.15) is 0 Å². The minimum atomic E-state index is 0.374. The highest BCUT2D eigenvalue weighted by Crippen LogP contribution is 1.99. The molecule has 0 heterocycles. The number of rotatable bonds is 1. The van der Waals surface area contributed by atoms with Gasteiger partial charge in [-0.15, -0.1) is 21.2 Å². The van der Waals surface area contributed by atoms with Gasteiger partial charge in [-0.1, -0.05) is 6.58 Å². The largest absolute Gasteiger partial charge is 0.127 e. The molecule has 0 unspecified atom stereocenters. The van der Waals surface area contributed by atoms with Crippen molar-refractivity contribution in [3.8, 4) is 0 Å². The van der Waals surface area contributed by atoms with Crippen LogP contribution >= 0.6 is 21.2 Å². The average molecular weight is 169 g/mol. The van der Waals surface area contributed by atoms with Crippen molar-refractivity contribution in [2.24, 2.45) is 0 Å². The molecule has 0 rings (SSSR count). The molecule has 25 valence electrons. The molecular formula is C3H6I. The van der Waals surface area contributed by atoms with Gasteiger partial charge in [0.15, 0.2) is 0 Å². The number of alkyl halides is 1. The topological polar surface area (TPSA) is 0 Å². The summed E-state index contributed by atoms with van der Waals surface area (Å²) in [5.41, 5.74) is 0. The van der Waals surface area contributed by atoms with Gasteiger partial charge in [0.05, 0.1) is 0 Å². The van der Waals surface area contributed by atoms with Crippen LogP contribution in [-0.2, 0) is 0 Å². The normalized spacial score (nSPS) is 6.25. The molecule has 0 aromatic carbocycles. The second-order valence-electron chi connectivity index (χ2n) is 0.373. The fraction of sp³-hybridized carbons (Fsp3) is 0.333. The van der Waals surface area contributed by atoms with Crippen LogP contribution in [0.3, 0.4) is 0 Å². The lowest BCUT2D eigenvalue weighted by Gasteiger charge is -1.59. The van der Waals surface area contributed by atoms with Crippen LogP contribution in [0.15, 0.2) is 10.7 Å². The molecule has 0 aromatic rings. The first-order valence-electron chi connectivity index (χ1n) is 1.00. The van der Waals surface area contributed by atoms with Gasteiger partial charge in [0.2, 0.25) is 0 Å². The van der Waals surface area contributed by atoms with Crippen molar-refractivity contribution in [1.29, 1.82) is 0 Å². The van der Waals surface area contributed by atoms with Gasteiger partial charge in [0.25, 0.3) is 0 Å². The lowest BCUT2D eigenvalue weighted by Crippen LogP contribution is -1.18. The Morgan fingerprint density at radius 2 is 2.25 bits per heavy atom. The Balaban J connectivity index is 2.30. The summed E-state index contributed by atoms with van der Waals surface area (Å²) < 4.78 is 1.98. The molecule has 0 aliphatic carbocycles. The molecule has 0 spiro atoms. The summed E-state index contributed by atoms with van der Waals surface area (Å²) in [6.07, 6.45) is 0. The third-order valence-corrected chi connectivity index (χ3v) is 1.04. The first kappa shape index (κ1) is 4.47. The van der Waals surface area contributed by atoms with Crippen LogP contribution < -0.4 is 0 Å².